The Kier molecular flexibility index (Phi) is 4.63. The second-order valence-electron chi connectivity index (χ2n) is 4.79. The smallest absolute Gasteiger partial charge is 0.270 e. The van der Waals surface area contributed by atoms with Crippen LogP contribution in [0.25, 0.3) is 0 Å². The van der Waals surface area contributed by atoms with Gasteiger partial charge in [-0.3, -0.25) is 15.0 Å². The molecule has 18 heavy (non-hydrogen) atoms. The summed E-state index contributed by atoms with van der Waals surface area (Å²) in [5, 5.41) is 10.7. The van der Waals surface area contributed by atoms with E-state index in [-0.39, 0.29) is 11.3 Å². The third-order valence-corrected chi connectivity index (χ3v) is 2.12. The molecule has 1 aromatic carbocycles. The normalized spacial score (nSPS) is 11.3. The number of hydrogen-bond acceptors (Lipinski definition) is 5. The number of hydrogen-bond donors (Lipinski definition) is 1. The lowest BCUT2D eigenvalue weighted by molar-refractivity contribution is -0.384. The average Bonchev–Trinajstić information content (AvgIpc) is 2.27. The highest BCUT2D eigenvalue weighted by molar-refractivity contribution is 5.43. The third-order valence-electron chi connectivity index (χ3n) is 2.12. The van der Waals surface area contributed by atoms with Gasteiger partial charge in [-0.05, 0) is 26.8 Å². The molecule has 0 fully saturated rings. The van der Waals surface area contributed by atoms with E-state index in [0.29, 0.717) is 17.9 Å². The summed E-state index contributed by atoms with van der Waals surface area (Å²) in [6, 6.07) is 4.46. The number of nitrogens with one attached hydrogen (secondary N) is 1. The maximum absolute atomic E-state index is 10.7. The van der Waals surface area contributed by atoms with Crippen LogP contribution in [0, 0.1) is 10.1 Å². The molecule has 0 radical (unpaired) electrons. The molecule has 1 aromatic rings. The van der Waals surface area contributed by atoms with Crippen molar-refractivity contribution < 1.29 is 14.5 Å². The average molecular weight is 254 g/mol. The molecule has 0 bridgehead atoms. The number of methoxy groups -OCH3 is 1. The number of benzene rings is 1. The molecule has 0 saturated carbocycles. The first kappa shape index (κ1) is 14.4. The number of ether oxygens (including phenoxy) is 1. The molecule has 6 nitrogen and oxygen atoms in total. The molecule has 0 aliphatic heterocycles. The molecule has 6 heteroatoms. The van der Waals surface area contributed by atoms with Gasteiger partial charge in [0.05, 0.1) is 17.6 Å². The van der Waals surface area contributed by atoms with Crippen LogP contribution in [0.5, 0.6) is 5.75 Å². The minimum absolute atomic E-state index is 0.0309. The highest BCUT2D eigenvalue weighted by Crippen LogP contribution is 2.23. The topological polar surface area (TPSA) is 73.6 Å². The summed E-state index contributed by atoms with van der Waals surface area (Å²) in [6.45, 7) is 6.06. The van der Waals surface area contributed by atoms with Crippen LogP contribution in [0.2, 0.25) is 0 Å². The Labute approximate surface area is 106 Å². The lowest BCUT2D eigenvalue weighted by Gasteiger charge is -2.19. The molecule has 0 aliphatic rings. The zero-order chi connectivity index (χ0) is 13.8. The van der Waals surface area contributed by atoms with Crippen molar-refractivity contribution in [1.82, 2.24) is 5.48 Å². The molecular formula is C12H18N2O4. The van der Waals surface area contributed by atoms with Gasteiger partial charge in [-0.1, -0.05) is 0 Å². The van der Waals surface area contributed by atoms with E-state index >= 15 is 0 Å². The first-order valence-corrected chi connectivity index (χ1v) is 5.55. The fourth-order valence-electron chi connectivity index (χ4n) is 1.35. The minimum atomic E-state index is -0.437. The van der Waals surface area contributed by atoms with Crippen LogP contribution in [0.3, 0.4) is 0 Å². The summed E-state index contributed by atoms with van der Waals surface area (Å²) in [5.41, 5.74) is 3.16. The highest BCUT2D eigenvalue weighted by atomic mass is 16.7. The molecule has 0 saturated heterocycles. The van der Waals surface area contributed by atoms with E-state index < -0.39 is 4.92 Å². The number of non-ortho nitro benzene ring substituents is 1. The van der Waals surface area contributed by atoms with Gasteiger partial charge in [0, 0.05) is 24.2 Å². The Morgan fingerprint density at radius 3 is 2.56 bits per heavy atom. The molecule has 1 rings (SSSR count). The molecule has 1 N–H and O–H groups in total. The summed E-state index contributed by atoms with van der Waals surface area (Å²) in [7, 11) is 1.52. The van der Waals surface area contributed by atoms with Crippen LogP contribution in [-0.4, -0.2) is 17.6 Å². The van der Waals surface area contributed by atoms with E-state index in [4.69, 9.17) is 9.57 Å². The van der Waals surface area contributed by atoms with Crippen molar-refractivity contribution >= 4 is 5.69 Å². The van der Waals surface area contributed by atoms with Crippen molar-refractivity contribution in [2.75, 3.05) is 7.11 Å². The number of rotatable bonds is 5. The summed E-state index contributed by atoms with van der Waals surface area (Å²) in [5.74, 6) is 0.589. The number of nitro groups is 1. The quantitative estimate of drug-likeness (QED) is 0.645. The summed E-state index contributed by atoms with van der Waals surface area (Å²) < 4.78 is 5.14. The zero-order valence-electron chi connectivity index (χ0n) is 11.0. The van der Waals surface area contributed by atoms with Crippen LogP contribution in [0.1, 0.15) is 26.3 Å². The molecule has 0 unspecified atom stereocenters. The van der Waals surface area contributed by atoms with Gasteiger partial charge in [0.2, 0.25) is 0 Å². The Morgan fingerprint density at radius 2 is 2.06 bits per heavy atom. The lowest BCUT2D eigenvalue weighted by atomic mass is 10.2. The van der Waals surface area contributed by atoms with Crippen molar-refractivity contribution in [1.29, 1.82) is 0 Å². The standard InChI is InChI=1S/C12H18N2O4/c1-12(2,3)18-13-8-9-7-10(14(15)16)5-6-11(9)17-4/h5-7,13H,8H2,1-4H3. The van der Waals surface area contributed by atoms with Gasteiger partial charge in [-0.2, -0.15) is 5.48 Å². The predicted octanol–water partition coefficient (Wildman–Crippen LogP) is 2.42. The van der Waals surface area contributed by atoms with Crippen molar-refractivity contribution in [2.45, 2.75) is 32.9 Å². The van der Waals surface area contributed by atoms with Crippen LogP contribution in [-0.2, 0) is 11.4 Å². The highest BCUT2D eigenvalue weighted by Gasteiger charge is 2.13. The SMILES string of the molecule is COc1ccc([N+](=O)[O-])cc1CNOC(C)(C)C. The number of hydroxylamine groups is 1. The Hall–Kier alpha value is -1.66. The lowest BCUT2D eigenvalue weighted by Crippen LogP contribution is -2.28. The molecule has 0 atom stereocenters. The minimum Gasteiger partial charge on any atom is -0.496 e. The summed E-state index contributed by atoms with van der Waals surface area (Å²) in [6.07, 6.45) is 0. The maximum Gasteiger partial charge on any atom is 0.270 e. The Balaban J connectivity index is 2.78. The fraction of sp³-hybridized carbons (Fsp3) is 0.500. The van der Waals surface area contributed by atoms with Crippen LogP contribution < -0.4 is 10.2 Å². The Bertz CT molecular complexity index is 427. The van der Waals surface area contributed by atoms with Gasteiger partial charge >= 0.3 is 0 Å². The summed E-state index contributed by atoms with van der Waals surface area (Å²) in [4.78, 5) is 15.6. The number of nitro benzene ring substituents is 1. The van der Waals surface area contributed by atoms with Crippen LogP contribution in [0.15, 0.2) is 18.2 Å². The summed E-state index contributed by atoms with van der Waals surface area (Å²) >= 11 is 0. The van der Waals surface area contributed by atoms with Crippen molar-refractivity contribution in [3.8, 4) is 5.75 Å². The van der Waals surface area contributed by atoms with Crippen molar-refractivity contribution in [3.63, 3.8) is 0 Å². The van der Waals surface area contributed by atoms with E-state index in [1.807, 2.05) is 20.8 Å². The molecule has 0 spiro atoms. The largest absolute Gasteiger partial charge is 0.496 e. The maximum atomic E-state index is 10.7. The first-order chi connectivity index (χ1) is 8.33. The van der Waals surface area contributed by atoms with Crippen molar-refractivity contribution in [3.05, 3.63) is 33.9 Å². The predicted molar refractivity (Wildman–Crippen MR) is 67.3 cm³/mol. The molecule has 0 aliphatic carbocycles. The third kappa shape index (κ3) is 4.31. The van der Waals surface area contributed by atoms with Gasteiger partial charge in [0.1, 0.15) is 5.75 Å². The van der Waals surface area contributed by atoms with Gasteiger partial charge in [-0.25, -0.2) is 0 Å². The second kappa shape index (κ2) is 5.79. The van der Waals surface area contributed by atoms with Crippen LogP contribution >= 0.6 is 0 Å². The van der Waals surface area contributed by atoms with E-state index in [1.54, 1.807) is 6.07 Å². The van der Waals surface area contributed by atoms with E-state index in [0.717, 1.165) is 0 Å². The molecule has 0 amide bonds. The molecule has 100 valence electrons. The van der Waals surface area contributed by atoms with Crippen LogP contribution in [0.4, 0.5) is 5.69 Å². The molecule has 0 heterocycles. The zero-order valence-corrected chi connectivity index (χ0v) is 11.0. The van der Waals surface area contributed by atoms with E-state index in [9.17, 15) is 10.1 Å². The second-order valence-corrected chi connectivity index (χ2v) is 4.79. The van der Waals surface area contributed by atoms with Gasteiger partial charge in [0.15, 0.2) is 0 Å². The monoisotopic (exact) mass is 254 g/mol. The van der Waals surface area contributed by atoms with Crippen molar-refractivity contribution in [2.24, 2.45) is 0 Å². The molecular weight excluding hydrogens is 236 g/mol. The van der Waals surface area contributed by atoms with Gasteiger partial charge < -0.3 is 4.74 Å². The van der Waals surface area contributed by atoms with E-state index in [2.05, 4.69) is 5.48 Å². The first-order valence-electron chi connectivity index (χ1n) is 5.55. The van der Waals surface area contributed by atoms with Gasteiger partial charge in [-0.15, -0.1) is 0 Å². The Morgan fingerprint density at radius 1 is 1.39 bits per heavy atom. The fourth-order valence-corrected chi connectivity index (χ4v) is 1.35. The molecule has 0 aromatic heterocycles. The van der Waals surface area contributed by atoms with Gasteiger partial charge in [0.25, 0.3) is 5.69 Å². The van der Waals surface area contributed by atoms with E-state index in [1.165, 1.54) is 19.2 Å². The number of nitrogens with zero attached hydrogens (tertiary/aromatic N) is 1.